The van der Waals surface area contributed by atoms with Crippen LogP contribution in [0.2, 0.25) is 0 Å². The first-order valence-electron chi connectivity index (χ1n) is 14.1. The van der Waals surface area contributed by atoms with Crippen LogP contribution in [-0.4, -0.2) is 104 Å². The summed E-state index contributed by atoms with van der Waals surface area (Å²) in [5, 5.41) is 4.07. The van der Waals surface area contributed by atoms with Crippen molar-refractivity contribution in [2.45, 2.75) is 43.7 Å². The largest absolute Gasteiger partial charge is 0.497 e. The maximum Gasteiger partial charge on any atom is 0.322 e. The van der Waals surface area contributed by atoms with Crippen molar-refractivity contribution >= 4 is 31.1 Å². The third kappa shape index (κ3) is 5.95. The molecule has 1 aromatic rings. The van der Waals surface area contributed by atoms with E-state index in [4.69, 9.17) is 9.47 Å². The summed E-state index contributed by atoms with van der Waals surface area (Å²) in [6.45, 7) is 5.87. The molecular weight excluding hydrogens is 548 g/mol. The lowest BCUT2D eigenvalue weighted by atomic mass is 9.79. The normalized spacial score (nSPS) is 23.7. The molecule has 3 fully saturated rings. The van der Waals surface area contributed by atoms with Crippen LogP contribution in [0.1, 0.15) is 31.2 Å². The van der Waals surface area contributed by atoms with Gasteiger partial charge in [-0.15, -0.1) is 0 Å². The number of amides is 3. The Bertz CT molecular complexity index is 1280. The number of carbonyl (C=O) groups is 2. The Morgan fingerprint density at radius 3 is 2.64 bits per heavy atom. The fraction of sp³-hybridized carbons (Fsp3) is 0.552. The molecule has 1 N–H and O–H groups in total. The van der Waals surface area contributed by atoms with Crippen molar-refractivity contribution in [3.63, 3.8) is 0 Å². The van der Waals surface area contributed by atoms with Gasteiger partial charge in [0, 0.05) is 75.4 Å². The zero-order chi connectivity index (χ0) is 29.9. The Morgan fingerprint density at radius 2 is 2.02 bits per heavy atom. The molecule has 4 aliphatic rings. The fourth-order valence-electron chi connectivity index (χ4n) is 6.20. The molecule has 0 aromatic heterocycles. The second kappa shape index (κ2) is 12.1. The van der Waals surface area contributed by atoms with E-state index in [-0.39, 0.29) is 37.4 Å². The molecule has 226 valence electrons. The highest BCUT2D eigenvalue weighted by molar-refractivity contribution is 5.87. The lowest BCUT2D eigenvalue weighted by molar-refractivity contribution is -0.161. The minimum Gasteiger partial charge on any atom is -0.497 e. The number of benzene rings is 1. The number of rotatable bonds is 10. The minimum atomic E-state index is -2.74. The molecule has 1 unspecified atom stereocenters. The Hall–Kier alpha value is -4.03. The molecule has 3 aliphatic heterocycles. The molecule has 0 bridgehead atoms. The van der Waals surface area contributed by atoms with E-state index in [1.807, 2.05) is 29.2 Å². The number of ether oxygens (including phenoxy) is 2. The van der Waals surface area contributed by atoms with Gasteiger partial charge in [-0.3, -0.25) is 9.79 Å². The van der Waals surface area contributed by atoms with E-state index in [9.17, 15) is 18.4 Å². The number of likely N-dealkylation sites (tertiary alicyclic amines) is 1. The van der Waals surface area contributed by atoms with Gasteiger partial charge >= 0.3 is 6.03 Å². The molecule has 1 aliphatic carbocycles. The summed E-state index contributed by atoms with van der Waals surface area (Å²) in [7, 11) is 3.11. The van der Waals surface area contributed by atoms with Crippen LogP contribution < -0.4 is 10.2 Å². The third-order valence-electron chi connectivity index (χ3n) is 8.60. The number of alkyl halides is 2. The average Bonchev–Trinajstić information content (AvgIpc) is 3.59. The number of methoxy groups -OCH3 is 2. The van der Waals surface area contributed by atoms with Crippen molar-refractivity contribution in [3.05, 3.63) is 41.3 Å². The van der Waals surface area contributed by atoms with Gasteiger partial charge in [-0.2, -0.15) is 5.10 Å². The lowest BCUT2D eigenvalue weighted by Gasteiger charge is -2.45. The summed E-state index contributed by atoms with van der Waals surface area (Å²) < 4.78 is 37.6. The number of halogens is 2. The second-order valence-corrected chi connectivity index (χ2v) is 11.3. The quantitative estimate of drug-likeness (QED) is 0.335. The average molecular weight is 586 g/mol. The molecule has 11 nitrogen and oxygen atoms in total. The Kier molecular flexibility index (Phi) is 8.46. The molecule has 2 saturated heterocycles. The topological polar surface area (TPSA) is 111 Å². The zero-order valence-corrected chi connectivity index (χ0v) is 24.0. The maximum atomic E-state index is 13.9. The molecule has 3 heterocycles. The van der Waals surface area contributed by atoms with Gasteiger partial charge in [0.1, 0.15) is 12.4 Å². The van der Waals surface area contributed by atoms with E-state index in [1.54, 1.807) is 29.3 Å². The fourth-order valence-corrected chi connectivity index (χ4v) is 6.20. The van der Waals surface area contributed by atoms with E-state index in [0.29, 0.717) is 62.8 Å². The molecule has 5 rings (SSSR count). The van der Waals surface area contributed by atoms with Gasteiger partial charge in [-0.25, -0.2) is 18.6 Å². The van der Waals surface area contributed by atoms with Gasteiger partial charge < -0.3 is 29.6 Å². The van der Waals surface area contributed by atoms with E-state index in [0.717, 1.165) is 5.56 Å². The first-order chi connectivity index (χ1) is 20.2. The smallest absolute Gasteiger partial charge is 0.322 e. The van der Waals surface area contributed by atoms with E-state index in [1.165, 1.54) is 7.11 Å². The highest BCUT2D eigenvalue weighted by atomic mass is 19.3. The first kappa shape index (κ1) is 29.5. The van der Waals surface area contributed by atoms with Gasteiger partial charge in [0.05, 0.1) is 19.8 Å². The molecule has 3 amide bonds. The van der Waals surface area contributed by atoms with Crippen LogP contribution in [0.4, 0.5) is 13.6 Å². The van der Waals surface area contributed by atoms with Crippen LogP contribution in [0.5, 0.6) is 5.75 Å². The van der Waals surface area contributed by atoms with Crippen molar-refractivity contribution in [3.8, 4) is 5.75 Å². The Balaban J connectivity index is 1.33. The number of hydrogen-bond acceptors (Lipinski definition) is 8. The molecule has 42 heavy (non-hydrogen) atoms. The van der Waals surface area contributed by atoms with Crippen molar-refractivity contribution in [1.29, 1.82) is 0 Å². The maximum absolute atomic E-state index is 13.9. The second-order valence-electron chi connectivity index (χ2n) is 11.3. The van der Waals surface area contributed by atoms with Crippen LogP contribution >= 0.6 is 0 Å². The van der Waals surface area contributed by atoms with Gasteiger partial charge in [-0.1, -0.05) is 12.1 Å². The summed E-state index contributed by atoms with van der Waals surface area (Å²) in [6.07, 6.45) is 3.72. The van der Waals surface area contributed by atoms with Gasteiger partial charge in [0.15, 0.2) is 0 Å². The highest BCUT2D eigenvalue weighted by Gasteiger charge is 2.53. The summed E-state index contributed by atoms with van der Waals surface area (Å²) in [6, 6.07) is 7.43. The van der Waals surface area contributed by atoms with Gasteiger partial charge in [-0.05, 0) is 37.3 Å². The van der Waals surface area contributed by atoms with Gasteiger partial charge in [0.25, 0.3) is 0 Å². The Labute approximate surface area is 243 Å². The third-order valence-corrected chi connectivity index (χ3v) is 8.60. The van der Waals surface area contributed by atoms with E-state index < -0.39 is 17.4 Å². The number of hydrazone groups is 1. The molecule has 1 saturated carbocycles. The summed E-state index contributed by atoms with van der Waals surface area (Å²) >= 11 is 0. The van der Waals surface area contributed by atoms with Crippen LogP contribution in [0.15, 0.2) is 50.8 Å². The highest BCUT2D eigenvalue weighted by Crippen LogP contribution is 2.44. The van der Waals surface area contributed by atoms with E-state index in [2.05, 4.69) is 27.2 Å². The minimum absolute atomic E-state index is 0.100. The SMILES string of the molecule is C=N/C(OC)=C(\C=NCN1CC2(CCN(C(=O)C3CC(F)(F)C3)CC2)N(Cc2cccc(OC)c2)C1=O)C1C=NNC1. The molecule has 0 radical (unpaired) electrons. The molecule has 1 aromatic carbocycles. The number of urea groups is 1. The summed E-state index contributed by atoms with van der Waals surface area (Å²) in [4.78, 5) is 40.6. The number of piperidine rings is 1. The van der Waals surface area contributed by atoms with Crippen LogP contribution in [0, 0.1) is 11.8 Å². The molecule has 1 atom stereocenters. The molecule has 1 spiro atoms. The first-order valence-corrected chi connectivity index (χ1v) is 14.1. The summed E-state index contributed by atoms with van der Waals surface area (Å²) in [5.74, 6) is -2.65. The van der Waals surface area contributed by atoms with Crippen molar-refractivity contribution in [2.75, 3.05) is 47.1 Å². The van der Waals surface area contributed by atoms with Crippen LogP contribution in [0.3, 0.4) is 0 Å². The molecular formula is C29H37F2N7O4. The zero-order valence-electron chi connectivity index (χ0n) is 24.0. The number of hydrogen-bond donors (Lipinski definition) is 1. The van der Waals surface area contributed by atoms with Crippen molar-refractivity contribution in [2.24, 2.45) is 26.9 Å². The summed E-state index contributed by atoms with van der Waals surface area (Å²) in [5.41, 5.74) is 4.00. The van der Waals surface area contributed by atoms with Crippen LogP contribution in [0.25, 0.3) is 0 Å². The van der Waals surface area contributed by atoms with Crippen LogP contribution in [-0.2, 0) is 16.1 Å². The van der Waals surface area contributed by atoms with Gasteiger partial charge in [0.2, 0.25) is 17.7 Å². The van der Waals surface area contributed by atoms with Crippen molar-refractivity contribution in [1.82, 2.24) is 20.1 Å². The van der Waals surface area contributed by atoms with E-state index >= 15 is 0 Å². The lowest BCUT2D eigenvalue weighted by Crippen LogP contribution is -2.57. The predicted octanol–water partition coefficient (Wildman–Crippen LogP) is 3.13. The molecule has 13 heteroatoms. The number of carbonyl (C=O) groups excluding carboxylic acids is 2. The number of aliphatic imine (C=N–C) groups is 2. The number of nitrogens with one attached hydrogen (secondary N) is 1. The Morgan fingerprint density at radius 1 is 1.26 bits per heavy atom. The standard InChI is InChI=1S/C29H37F2N7O4/c1-32-25(42-3)24(22-14-34-35-15-22)16-33-19-37-18-28(38(27(37)40)17-20-5-4-6-23(11-20)41-2)7-9-36(10-8-28)26(39)21-12-29(30,31)13-21/h4-6,11,14,16,21-22,35H,1,7-10,12-13,15,17-19H2,2-3H3/b25-24-,33-16?. The van der Waals surface area contributed by atoms with Crippen molar-refractivity contribution < 1.29 is 27.8 Å². The number of nitrogens with zero attached hydrogens (tertiary/aromatic N) is 6. The monoisotopic (exact) mass is 585 g/mol. The predicted molar refractivity (Wildman–Crippen MR) is 154 cm³/mol.